The first-order valence-electron chi connectivity index (χ1n) is 12.7. The fraction of sp³-hybridized carbons (Fsp3) is 0.926. The maximum Gasteiger partial charge on any atom is 0.112 e. The Balaban J connectivity index is 1.49. The topological polar surface area (TPSA) is 20.2 Å². The van der Waals surface area contributed by atoms with Gasteiger partial charge in [-0.1, -0.05) is 32.4 Å². The van der Waals surface area contributed by atoms with E-state index in [4.69, 9.17) is 0 Å². The molecule has 0 aliphatic heterocycles. The molecule has 0 bridgehead atoms. The summed E-state index contributed by atoms with van der Waals surface area (Å²) in [6.07, 6.45) is 16.8. The predicted octanol–water partition coefficient (Wildman–Crippen LogP) is 6.61. The largest absolute Gasteiger partial charge is 0.393 e. The third-order valence-electron chi connectivity index (χ3n) is 10.5. The standard InChI is InChI=1S/C27H47OS/c1-18(2)29(6)16-13-19(3)23-9-10-24-22-8-7-20-17-21(28)11-14-26(20,4)25(22)12-15-27(23,24)5/h7,18-19,21-25,28H,8-17H2,1-6H3/q+1/t19-,21+,22?,23?,24?,25?,26+,27-,29?/m1/s1. The van der Waals surface area contributed by atoms with Crippen LogP contribution >= 0.6 is 0 Å². The summed E-state index contributed by atoms with van der Waals surface area (Å²) in [7, 11) is 0.586. The van der Waals surface area contributed by atoms with Crippen LogP contribution in [-0.4, -0.2) is 28.5 Å². The minimum absolute atomic E-state index is 0.0783. The lowest BCUT2D eigenvalue weighted by atomic mass is 9.47. The molecule has 0 aromatic carbocycles. The summed E-state index contributed by atoms with van der Waals surface area (Å²) in [6.45, 7) is 12.6. The molecule has 4 aliphatic rings. The van der Waals surface area contributed by atoms with Crippen LogP contribution in [0.4, 0.5) is 0 Å². The first-order valence-corrected chi connectivity index (χ1v) is 14.5. The van der Waals surface area contributed by atoms with Crippen molar-refractivity contribution in [2.45, 2.75) is 104 Å². The lowest BCUT2D eigenvalue weighted by molar-refractivity contribution is -0.0568. The molecule has 0 aromatic heterocycles. The summed E-state index contributed by atoms with van der Waals surface area (Å²) in [5.41, 5.74) is 2.59. The lowest BCUT2D eigenvalue weighted by Gasteiger charge is -2.58. The van der Waals surface area contributed by atoms with E-state index >= 15 is 0 Å². The van der Waals surface area contributed by atoms with Crippen LogP contribution < -0.4 is 0 Å². The van der Waals surface area contributed by atoms with Gasteiger partial charge in [0.05, 0.1) is 12.4 Å². The van der Waals surface area contributed by atoms with E-state index in [0.717, 1.165) is 47.7 Å². The highest BCUT2D eigenvalue weighted by Gasteiger charge is 2.59. The molecule has 3 saturated carbocycles. The molecule has 1 N–H and O–H groups in total. The monoisotopic (exact) mass is 419 g/mol. The smallest absolute Gasteiger partial charge is 0.112 e. The number of aliphatic hydroxyl groups excluding tert-OH is 1. The molecule has 166 valence electrons. The molecule has 0 aromatic rings. The molecule has 2 heteroatoms. The van der Waals surface area contributed by atoms with Gasteiger partial charge < -0.3 is 5.11 Å². The van der Waals surface area contributed by atoms with Gasteiger partial charge in [-0.2, -0.15) is 0 Å². The number of allylic oxidation sites excluding steroid dienone is 1. The van der Waals surface area contributed by atoms with Gasteiger partial charge in [-0.25, -0.2) is 0 Å². The van der Waals surface area contributed by atoms with E-state index in [1.165, 1.54) is 50.7 Å². The van der Waals surface area contributed by atoms with Crippen molar-refractivity contribution in [1.82, 2.24) is 0 Å². The summed E-state index contributed by atoms with van der Waals surface area (Å²) in [5, 5.41) is 11.1. The maximum atomic E-state index is 10.2. The molecule has 4 aliphatic carbocycles. The zero-order chi connectivity index (χ0) is 21.0. The Labute approximate surface area is 183 Å². The number of hydrogen-bond acceptors (Lipinski definition) is 1. The highest BCUT2D eigenvalue weighted by atomic mass is 32.2. The second-order valence-electron chi connectivity index (χ2n) is 12.1. The van der Waals surface area contributed by atoms with Crippen molar-refractivity contribution in [3.05, 3.63) is 11.6 Å². The van der Waals surface area contributed by atoms with Gasteiger partial charge in [0.25, 0.3) is 0 Å². The van der Waals surface area contributed by atoms with E-state index in [-0.39, 0.29) is 6.10 Å². The van der Waals surface area contributed by atoms with Crippen molar-refractivity contribution in [2.24, 2.45) is 40.4 Å². The molecule has 0 radical (unpaired) electrons. The highest BCUT2D eigenvalue weighted by Crippen LogP contribution is 2.67. The average molecular weight is 420 g/mol. The van der Waals surface area contributed by atoms with Crippen LogP contribution in [0.15, 0.2) is 11.6 Å². The Bertz CT molecular complexity index is 626. The van der Waals surface area contributed by atoms with Crippen molar-refractivity contribution in [3.8, 4) is 0 Å². The normalized spacial score (nSPS) is 46.5. The lowest BCUT2D eigenvalue weighted by Crippen LogP contribution is -2.50. The minimum atomic E-state index is -0.0783. The first kappa shape index (κ1) is 22.3. The summed E-state index contributed by atoms with van der Waals surface area (Å²) < 4.78 is 0. The van der Waals surface area contributed by atoms with Crippen molar-refractivity contribution in [3.63, 3.8) is 0 Å². The number of aliphatic hydroxyl groups is 1. The Kier molecular flexibility index (Phi) is 6.29. The van der Waals surface area contributed by atoms with Crippen LogP contribution in [0, 0.1) is 40.4 Å². The van der Waals surface area contributed by atoms with Gasteiger partial charge in [0, 0.05) is 0 Å². The van der Waals surface area contributed by atoms with Gasteiger partial charge in [0.2, 0.25) is 0 Å². The van der Waals surface area contributed by atoms with E-state index < -0.39 is 0 Å². The van der Waals surface area contributed by atoms with Gasteiger partial charge in [0.15, 0.2) is 0 Å². The van der Waals surface area contributed by atoms with Gasteiger partial charge in [-0.15, -0.1) is 0 Å². The summed E-state index contributed by atoms with van der Waals surface area (Å²) in [5.74, 6) is 6.01. The zero-order valence-corrected chi connectivity index (χ0v) is 20.9. The third-order valence-corrected chi connectivity index (χ3v) is 13.0. The Morgan fingerprint density at radius 2 is 1.83 bits per heavy atom. The van der Waals surface area contributed by atoms with E-state index in [1.54, 1.807) is 5.57 Å². The molecule has 29 heavy (non-hydrogen) atoms. The van der Waals surface area contributed by atoms with Crippen LogP contribution in [0.25, 0.3) is 0 Å². The zero-order valence-electron chi connectivity index (χ0n) is 20.0. The van der Waals surface area contributed by atoms with Crippen molar-refractivity contribution >= 4 is 10.9 Å². The third kappa shape index (κ3) is 3.77. The van der Waals surface area contributed by atoms with Crippen LogP contribution in [0.5, 0.6) is 0 Å². The van der Waals surface area contributed by atoms with Crippen LogP contribution in [-0.2, 0) is 10.9 Å². The molecule has 9 atom stereocenters. The Hall–Kier alpha value is 0.0500. The first-order chi connectivity index (χ1) is 13.7. The fourth-order valence-electron chi connectivity index (χ4n) is 8.43. The Morgan fingerprint density at radius 1 is 1.07 bits per heavy atom. The molecular formula is C27H47OS+. The van der Waals surface area contributed by atoms with Gasteiger partial charge in [-0.3, -0.25) is 0 Å². The Morgan fingerprint density at radius 3 is 2.55 bits per heavy atom. The molecule has 3 fully saturated rings. The quantitative estimate of drug-likeness (QED) is 0.393. The maximum absolute atomic E-state index is 10.2. The van der Waals surface area contributed by atoms with E-state index in [0.29, 0.717) is 21.7 Å². The molecule has 5 unspecified atom stereocenters. The van der Waals surface area contributed by atoms with Crippen LogP contribution in [0.3, 0.4) is 0 Å². The van der Waals surface area contributed by atoms with Crippen LogP contribution in [0.2, 0.25) is 0 Å². The van der Waals surface area contributed by atoms with Crippen molar-refractivity contribution in [1.29, 1.82) is 0 Å². The van der Waals surface area contributed by atoms with Crippen molar-refractivity contribution < 1.29 is 5.11 Å². The fourth-order valence-corrected chi connectivity index (χ4v) is 9.64. The van der Waals surface area contributed by atoms with E-state index in [2.05, 4.69) is 47.0 Å². The highest BCUT2D eigenvalue weighted by molar-refractivity contribution is 7.96. The number of hydrogen-bond donors (Lipinski definition) is 1. The van der Waals surface area contributed by atoms with E-state index in [9.17, 15) is 5.11 Å². The summed E-state index contributed by atoms with van der Waals surface area (Å²) in [6, 6.07) is 0. The second kappa shape index (κ2) is 8.19. The second-order valence-corrected chi connectivity index (χ2v) is 14.8. The van der Waals surface area contributed by atoms with Gasteiger partial charge >= 0.3 is 0 Å². The van der Waals surface area contributed by atoms with Gasteiger partial charge in [0.1, 0.15) is 11.0 Å². The predicted molar refractivity (Wildman–Crippen MR) is 128 cm³/mol. The molecular weight excluding hydrogens is 372 g/mol. The van der Waals surface area contributed by atoms with Crippen LogP contribution in [0.1, 0.15) is 92.4 Å². The summed E-state index contributed by atoms with van der Waals surface area (Å²) in [4.78, 5) is 0. The van der Waals surface area contributed by atoms with Gasteiger partial charge in [-0.05, 0) is 123 Å². The molecule has 0 amide bonds. The minimum Gasteiger partial charge on any atom is -0.393 e. The average Bonchev–Trinajstić information content (AvgIpc) is 3.03. The number of fused-ring (bicyclic) bond motifs is 5. The molecule has 4 rings (SSSR count). The van der Waals surface area contributed by atoms with Crippen molar-refractivity contribution in [2.75, 3.05) is 12.0 Å². The van der Waals surface area contributed by atoms with E-state index in [1.807, 2.05) is 0 Å². The SMILES string of the molecule is CC(C)[S+](C)CC[C@@H](C)C1CCC2C3CC=C4C[C@@H](O)CC[C@]4(C)C3CC[C@@]21C. The molecule has 0 heterocycles. The molecule has 1 nitrogen and oxygen atoms in total. The molecule has 0 saturated heterocycles. The molecule has 0 spiro atoms. The summed E-state index contributed by atoms with van der Waals surface area (Å²) >= 11 is 0. The number of rotatable bonds is 5.